The minimum Gasteiger partial charge on any atom is -0.383 e. The van der Waals surface area contributed by atoms with E-state index >= 15 is 0 Å². The van der Waals surface area contributed by atoms with Crippen molar-refractivity contribution in [3.63, 3.8) is 0 Å². The fourth-order valence-corrected chi connectivity index (χ4v) is 1.68. The van der Waals surface area contributed by atoms with Gasteiger partial charge in [-0.05, 0) is 29.3 Å². The Labute approximate surface area is 93.7 Å². The summed E-state index contributed by atoms with van der Waals surface area (Å²) in [4.78, 5) is 4.04. The van der Waals surface area contributed by atoms with Crippen molar-refractivity contribution in [3.8, 4) is 0 Å². The molecule has 1 aromatic carbocycles. The number of nitrogens with two attached hydrogens (primary N) is 1. The van der Waals surface area contributed by atoms with E-state index in [9.17, 15) is 0 Å². The Morgan fingerprint density at radius 1 is 1.20 bits per heavy atom. The van der Waals surface area contributed by atoms with E-state index < -0.39 is 0 Å². The van der Waals surface area contributed by atoms with Crippen LogP contribution in [0.5, 0.6) is 0 Å². The van der Waals surface area contributed by atoms with Gasteiger partial charge in [0.05, 0.1) is 0 Å². The van der Waals surface area contributed by atoms with Crippen molar-refractivity contribution in [1.82, 2.24) is 4.98 Å². The Bertz CT molecular complexity index is 469. The Kier molecular flexibility index (Phi) is 2.88. The first-order chi connectivity index (χ1) is 7.25. The lowest BCUT2D eigenvalue weighted by Crippen LogP contribution is -1.97. The molecule has 0 bridgehead atoms. The van der Waals surface area contributed by atoms with Gasteiger partial charge in [-0.3, -0.25) is 0 Å². The molecule has 76 valence electrons. The molecule has 0 saturated carbocycles. The maximum absolute atomic E-state index is 5.90. The molecule has 2 N–H and O–H groups in total. The van der Waals surface area contributed by atoms with Crippen molar-refractivity contribution in [3.05, 3.63) is 58.7 Å². The molecule has 0 amide bonds. The Balaban J connectivity index is 2.26. The Morgan fingerprint density at radius 3 is 2.80 bits per heavy atom. The summed E-state index contributed by atoms with van der Waals surface area (Å²) in [6.07, 6.45) is 2.46. The second kappa shape index (κ2) is 4.32. The number of halogens is 1. The van der Waals surface area contributed by atoms with Crippen LogP contribution in [0.2, 0.25) is 5.02 Å². The topological polar surface area (TPSA) is 38.9 Å². The first-order valence-corrected chi connectivity index (χ1v) is 5.07. The SMILES string of the molecule is Nc1ncccc1Cc1cccc(Cl)c1. The molecule has 1 heterocycles. The average Bonchev–Trinajstić information content (AvgIpc) is 2.22. The van der Waals surface area contributed by atoms with Crippen LogP contribution in [0.3, 0.4) is 0 Å². The van der Waals surface area contributed by atoms with Crippen molar-refractivity contribution < 1.29 is 0 Å². The lowest BCUT2D eigenvalue weighted by atomic mass is 10.1. The minimum atomic E-state index is 0.581. The molecular formula is C12H11ClN2. The van der Waals surface area contributed by atoms with E-state index in [1.807, 2.05) is 36.4 Å². The summed E-state index contributed by atoms with van der Waals surface area (Å²) >= 11 is 5.90. The Morgan fingerprint density at radius 2 is 2.07 bits per heavy atom. The van der Waals surface area contributed by atoms with Gasteiger partial charge in [0.25, 0.3) is 0 Å². The summed E-state index contributed by atoms with van der Waals surface area (Å²) in [5.74, 6) is 0.581. The van der Waals surface area contributed by atoms with E-state index in [1.165, 1.54) is 0 Å². The average molecular weight is 219 g/mol. The fourth-order valence-electron chi connectivity index (χ4n) is 1.47. The predicted octanol–water partition coefficient (Wildman–Crippen LogP) is 2.91. The van der Waals surface area contributed by atoms with Gasteiger partial charge in [-0.25, -0.2) is 4.98 Å². The molecule has 1 aromatic heterocycles. The van der Waals surface area contributed by atoms with Crippen molar-refractivity contribution >= 4 is 17.4 Å². The molecule has 0 fully saturated rings. The highest BCUT2D eigenvalue weighted by atomic mass is 35.5. The molecule has 15 heavy (non-hydrogen) atoms. The lowest BCUT2D eigenvalue weighted by Gasteiger charge is -2.04. The summed E-state index contributed by atoms with van der Waals surface area (Å²) in [7, 11) is 0. The van der Waals surface area contributed by atoms with Gasteiger partial charge >= 0.3 is 0 Å². The standard InChI is InChI=1S/C12H11ClN2/c13-11-5-1-3-9(8-11)7-10-4-2-6-15-12(10)14/h1-6,8H,7H2,(H2,14,15). The largest absolute Gasteiger partial charge is 0.383 e. The van der Waals surface area contributed by atoms with Gasteiger partial charge in [0.2, 0.25) is 0 Å². The molecule has 0 spiro atoms. The van der Waals surface area contributed by atoms with E-state index in [-0.39, 0.29) is 0 Å². The molecule has 2 rings (SSSR count). The van der Waals surface area contributed by atoms with E-state index in [2.05, 4.69) is 4.98 Å². The molecule has 0 aliphatic carbocycles. The molecule has 2 aromatic rings. The molecular weight excluding hydrogens is 208 g/mol. The minimum absolute atomic E-state index is 0.581. The molecule has 3 heteroatoms. The van der Waals surface area contributed by atoms with Gasteiger partial charge in [-0.15, -0.1) is 0 Å². The van der Waals surface area contributed by atoms with Crippen LogP contribution in [0.1, 0.15) is 11.1 Å². The number of nitrogen functional groups attached to an aromatic ring is 1. The van der Waals surface area contributed by atoms with Gasteiger partial charge < -0.3 is 5.73 Å². The number of hydrogen-bond acceptors (Lipinski definition) is 2. The first kappa shape index (κ1) is 9.99. The first-order valence-electron chi connectivity index (χ1n) is 4.69. The fraction of sp³-hybridized carbons (Fsp3) is 0.0833. The summed E-state index contributed by atoms with van der Waals surface area (Å²) < 4.78 is 0. The zero-order valence-corrected chi connectivity index (χ0v) is 8.91. The summed E-state index contributed by atoms with van der Waals surface area (Å²) in [5, 5.41) is 0.745. The second-order valence-corrected chi connectivity index (χ2v) is 3.79. The third-order valence-electron chi connectivity index (χ3n) is 2.21. The van der Waals surface area contributed by atoms with Gasteiger partial charge in [0.1, 0.15) is 5.82 Å². The van der Waals surface area contributed by atoms with Crippen LogP contribution in [-0.2, 0) is 6.42 Å². The van der Waals surface area contributed by atoms with Crippen LogP contribution < -0.4 is 5.73 Å². The number of pyridine rings is 1. The normalized spacial score (nSPS) is 10.2. The molecule has 0 radical (unpaired) electrons. The number of anilines is 1. The van der Waals surface area contributed by atoms with Crippen LogP contribution in [0.15, 0.2) is 42.6 Å². The van der Waals surface area contributed by atoms with Crippen LogP contribution >= 0.6 is 11.6 Å². The summed E-state index contributed by atoms with van der Waals surface area (Å²) in [6.45, 7) is 0. The number of rotatable bonds is 2. The lowest BCUT2D eigenvalue weighted by molar-refractivity contribution is 1.15. The highest BCUT2D eigenvalue weighted by molar-refractivity contribution is 6.30. The highest BCUT2D eigenvalue weighted by Crippen LogP contribution is 2.16. The van der Waals surface area contributed by atoms with E-state index in [0.717, 1.165) is 22.6 Å². The summed E-state index contributed by atoms with van der Waals surface area (Å²) in [6, 6.07) is 11.6. The van der Waals surface area contributed by atoms with Gasteiger partial charge in [0.15, 0.2) is 0 Å². The van der Waals surface area contributed by atoms with Crippen LogP contribution in [0.25, 0.3) is 0 Å². The molecule has 0 saturated heterocycles. The number of hydrogen-bond donors (Lipinski definition) is 1. The Hall–Kier alpha value is -1.54. The van der Waals surface area contributed by atoms with Crippen LogP contribution in [0.4, 0.5) is 5.82 Å². The van der Waals surface area contributed by atoms with Crippen molar-refractivity contribution in [2.24, 2.45) is 0 Å². The van der Waals surface area contributed by atoms with Crippen LogP contribution in [0, 0.1) is 0 Å². The number of aromatic nitrogens is 1. The van der Waals surface area contributed by atoms with E-state index in [1.54, 1.807) is 6.20 Å². The van der Waals surface area contributed by atoms with E-state index in [4.69, 9.17) is 17.3 Å². The van der Waals surface area contributed by atoms with Crippen molar-refractivity contribution in [2.75, 3.05) is 5.73 Å². The third-order valence-corrected chi connectivity index (χ3v) is 2.44. The van der Waals surface area contributed by atoms with Gasteiger partial charge in [-0.1, -0.05) is 29.8 Å². The van der Waals surface area contributed by atoms with Gasteiger partial charge in [-0.2, -0.15) is 0 Å². The van der Waals surface area contributed by atoms with E-state index in [0.29, 0.717) is 5.82 Å². The smallest absolute Gasteiger partial charge is 0.126 e. The maximum atomic E-state index is 5.90. The molecule has 0 aliphatic rings. The zero-order valence-electron chi connectivity index (χ0n) is 8.15. The van der Waals surface area contributed by atoms with Crippen molar-refractivity contribution in [1.29, 1.82) is 0 Å². The number of nitrogens with zero attached hydrogens (tertiary/aromatic N) is 1. The maximum Gasteiger partial charge on any atom is 0.126 e. The molecule has 0 unspecified atom stereocenters. The molecule has 2 nitrogen and oxygen atoms in total. The monoisotopic (exact) mass is 218 g/mol. The second-order valence-electron chi connectivity index (χ2n) is 3.35. The summed E-state index contributed by atoms with van der Waals surface area (Å²) in [5.41, 5.74) is 7.93. The quantitative estimate of drug-likeness (QED) is 0.842. The predicted molar refractivity (Wildman–Crippen MR) is 62.9 cm³/mol. The third kappa shape index (κ3) is 2.48. The van der Waals surface area contributed by atoms with Gasteiger partial charge in [0, 0.05) is 17.6 Å². The molecule has 0 atom stereocenters. The van der Waals surface area contributed by atoms with Crippen molar-refractivity contribution in [2.45, 2.75) is 6.42 Å². The zero-order chi connectivity index (χ0) is 10.7. The molecule has 0 aliphatic heterocycles. The van der Waals surface area contributed by atoms with Crippen LogP contribution in [-0.4, -0.2) is 4.98 Å². The number of benzene rings is 1. The highest BCUT2D eigenvalue weighted by Gasteiger charge is 2.01.